The number of rotatable bonds is 8. The number of carbonyl (C=O) groups excluding carboxylic acids is 1. The van der Waals surface area contributed by atoms with Gasteiger partial charge in [0.05, 0.1) is 11.9 Å². The molecule has 1 unspecified atom stereocenters. The Bertz CT molecular complexity index is 893. The number of nitrogens with one attached hydrogen (secondary N) is 2. The van der Waals surface area contributed by atoms with Crippen LogP contribution in [0.3, 0.4) is 0 Å². The zero-order valence-electron chi connectivity index (χ0n) is 14.8. The molecular formula is C17H19F4N3O3S. The molecule has 1 amide bonds. The zero-order valence-corrected chi connectivity index (χ0v) is 15.6. The van der Waals surface area contributed by atoms with Crippen LogP contribution < -0.4 is 15.8 Å². The van der Waals surface area contributed by atoms with Crippen LogP contribution in [0.5, 0.6) is 0 Å². The number of hydrogen-bond donors (Lipinski definition) is 3. The molecule has 1 atom stereocenters. The van der Waals surface area contributed by atoms with Gasteiger partial charge in [-0.25, -0.2) is 12.8 Å². The molecule has 1 aromatic rings. The highest BCUT2D eigenvalue weighted by atomic mass is 32.2. The predicted molar refractivity (Wildman–Crippen MR) is 98.2 cm³/mol. The second-order valence-corrected chi connectivity index (χ2v) is 7.41. The quantitative estimate of drug-likeness (QED) is 0.341. The molecule has 0 bridgehead atoms. The maximum absolute atomic E-state index is 13.9. The molecule has 0 saturated heterocycles. The van der Waals surface area contributed by atoms with E-state index < -0.39 is 34.0 Å². The number of nitrogens with two attached hydrogens (primary N) is 1. The van der Waals surface area contributed by atoms with Crippen LogP contribution in [0.25, 0.3) is 0 Å². The lowest BCUT2D eigenvalue weighted by Gasteiger charge is -2.16. The first-order chi connectivity index (χ1) is 12.8. The maximum Gasteiger partial charge on any atom is 0.407 e. The van der Waals surface area contributed by atoms with Gasteiger partial charge < -0.3 is 11.1 Å². The first-order valence-electron chi connectivity index (χ1n) is 7.70. The molecule has 11 heteroatoms. The molecule has 0 aliphatic carbocycles. The summed E-state index contributed by atoms with van der Waals surface area (Å²) < 4.78 is 76.1. The van der Waals surface area contributed by atoms with E-state index >= 15 is 0 Å². The van der Waals surface area contributed by atoms with Crippen LogP contribution in [0.4, 0.5) is 23.2 Å². The molecule has 0 radical (unpaired) electrons. The second kappa shape index (κ2) is 9.51. The molecule has 28 heavy (non-hydrogen) atoms. The third-order valence-corrected chi connectivity index (χ3v) is 3.84. The Balaban J connectivity index is 2.76. The van der Waals surface area contributed by atoms with Gasteiger partial charge in [-0.3, -0.25) is 9.52 Å². The Morgan fingerprint density at radius 3 is 2.46 bits per heavy atom. The van der Waals surface area contributed by atoms with Crippen molar-refractivity contribution >= 4 is 21.6 Å². The van der Waals surface area contributed by atoms with Gasteiger partial charge in [0.15, 0.2) is 0 Å². The molecule has 1 rings (SSSR count). The molecule has 0 aliphatic heterocycles. The van der Waals surface area contributed by atoms with Crippen LogP contribution in [0.1, 0.15) is 5.56 Å². The second-order valence-electron chi connectivity index (χ2n) is 5.66. The third-order valence-electron chi connectivity index (χ3n) is 3.24. The van der Waals surface area contributed by atoms with Crippen LogP contribution in [0.2, 0.25) is 0 Å². The Morgan fingerprint density at radius 2 is 1.96 bits per heavy atom. The fourth-order valence-electron chi connectivity index (χ4n) is 1.96. The lowest BCUT2D eigenvalue weighted by molar-refractivity contribution is -0.138. The van der Waals surface area contributed by atoms with Crippen LogP contribution >= 0.6 is 0 Å². The Morgan fingerprint density at radius 1 is 1.32 bits per heavy atom. The summed E-state index contributed by atoms with van der Waals surface area (Å²) in [6, 6.07) is 1.29. The SMILES string of the molecule is C=C/C=C(/C=C/C(=O)NCc1ccc(NS(C)(=O)=O)c(F)c1)C(N)C(F)(F)F. The van der Waals surface area contributed by atoms with Gasteiger partial charge in [-0.15, -0.1) is 0 Å². The number of benzene rings is 1. The van der Waals surface area contributed by atoms with Gasteiger partial charge in [0.25, 0.3) is 0 Å². The lowest BCUT2D eigenvalue weighted by Crippen LogP contribution is -2.38. The van der Waals surface area contributed by atoms with Crippen LogP contribution in [-0.4, -0.2) is 32.8 Å². The molecule has 0 heterocycles. The summed E-state index contributed by atoms with van der Waals surface area (Å²) in [7, 11) is -3.65. The monoisotopic (exact) mass is 421 g/mol. The van der Waals surface area contributed by atoms with Crippen molar-refractivity contribution < 1.29 is 30.8 Å². The minimum Gasteiger partial charge on any atom is -0.348 e. The summed E-state index contributed by atoms with van der Waals surface area (Å²) in [5.41, 5.74) is 4.79. The molecule has 0 saturated carbocycles. The van der Waals surface area contributed by atoms with E-state index in [4.69, 9.17) is 5.73 Å². The summed E-state index contributed by atoms with van der Waals surface area (Å²) in [5, 5.41) is 2.36. The van der Waals surface area contributed by atoms with Gasteiger partial charge in [-0.2, -0.15) is 13.2 Å². The van der Waals surface area contributed by atoms with Crippen molar-refractivity contribution in [1.29, 1.82) is 0 Å². The van der Waals surface area contributed by atoms with Gasteiger partial charge in [-0.1, -0.05) is 30.9 Å². The first-order valence-corrected chi connectivity index (χ1v) is 9.59. The molecule has 0 spiro atoms. The third kappa shape index (κ3) is 7.92. The number of carbonyl (C=O) groups is 1. The van der Waals surface area contributed by atoms with Crippen LogP contribution in [0.15, 0.2) is 54.7 Å². The van der Waals surface area contributed by atoms with E-state index in [-0.39, 0.29) is 17.8 Å². The average Bonchev–Trinajstić information content (AvgIpc) is 2.56. The minimum atomic E-state index is -4.69. The van der Waals surface area contributed by atoms with Crippen molar-refractivity contribution in [3.63, 3.8) is 0 Å². The minimum absolute atomic E-state index is 0.134. The number of hydrogen-bond acceptors (Lipinski definition) is 4. The summed E-state index contributed by atoms with van der Waals surface area (Å²) in [6.45, 7) is 3.16. The Hall–Kier alpha value is -2.66. The van der Waals surface area contributed by atoms with Crippen LogP contribution in [-0.2, 0) is 21.4 Å². The standard InChI is InChI=1S/C17H19F4N3O3S/c1-3-4-12(16(22)17(19,20)21)6-8-15(25)23-10-11-5-7-14(13(18)9-11)24-28(2,26)27/h3-9,16,24H,1,10,22H2,2H3,(H,23,25)/b8-6+,12-4-. The van der Waals surface area contributed by atoms with E-state index in [9.17, 15) is 30.8 Å². The van der Waals surface area contributed by atoms with Crippen molar-refractivity contribution in [2.24, 2.45) is 5.73 Å². The van der Waals surface area contributed by atoms with E-state index in [1.165, 1.54) is 12.1 Å². The number of amides is 1. The molecular weight excluding hydrogens is 402 g/mol. The Kier molecular flexibility index (Phi) is 7.94. The lowest BCUT2D eigenvalue weighted by atomic mass is 10.1. The average molecular weight is 421 g/mol. The van der Waals surface area contributed by atoms with Crippen molar-refractivity contribution in [3.8, 4) is 0 Å². The molecule has 6 nitrogen and oxygen atoms in total. The summed E-state index contributed by atoms with van der Waals surface area (Å²) in [4.78, 5) is 11.8. The highest BCUT2D eigenvalue weighted by Gasteiger charge is 2.38. The molecule has 154 valence electrons. The number of anilines is 1. The van der Waals surface area contributed by atoms with Gasteiger partial charge in [0.2, 0.25) is 15.9 Å². The first kappa shape index (κ1) is 23.4. The van der Waals surface area contributed by atoms with Gasteiger partial charge in [0, 0.05) is 12.6 Å². The number of alkyl halides is 3. The van der Waals surface area contributed by atoms with Gasteiger partial charge >= 0.3 is 6.18 Å². The normalized spacial score (nSPS) is 14.0. The van der Waals surface area contributed by atoms with E-state index in [2.05, 4.69) is 11.9 Å². The van der Waals surface area contributed by atoms with Crippen molar-refractivity contribution in [3.05, 3.63) is 66.0 Å². The molecule has 4 N–H and O–H groups in total. The van der Waals surface area contributed by atoms with E-state index in [1.54, 1.807) is 0 Å². The Labute approximate surface area is 159 Å². The maximum atomic E-state index is 13.9. The van der Waals surface area contributed by atoms with E-state index in [1.807, 2.05) is 4.72 Å². The molecule has 0 aliphatic rings. The largest absolute Gasteiger partial charge is 0.407 e. The summed E-state index contributed by atoms with van der Waals surface area (Å²) in [6.07, 6.45) is 0.0935. The van der Waals surface area contributed by atoms with Crippen molar-refractivity contribution in [2.75, 3.05) is 11.0 Å². The summed E-state index contributed by atoms with van der Waals surface area (Å²) in [5.74, 6) is -1.58. The molecule has 0 aromatic heterocycles. The number of allylic oxidation sites excluding steroid dienone is 2. The highest BCUT2D eigenvalue weighted by molar-refractivity contribution is 7.92. The number of sulfonamides is 1. The highest BCUT2D eigenvalue weighted by Crippen LogP contribution is 2.24. The smallest absolute Gasteiger partial charge is 0.348 e. The fourth-order valence-corrected chi connectivity index (χ4v) is 2.52. The fraction of sp³-hybridized carbons (Fsp3) is 0.235. The topological polar surface area (TPSA) is 101 Å². The number of halogens is 4. The van der Waals surface area contributed by atoms with Gasteiger partial charge in [-0.05, 0) is 23.3 Å². The molecule has 1 aromatic carbocycles. The van der Waals surface area contributed by atoms with Crippen molar-refractivity contribution in [1.82, 2.24) is 5.32 Å². The van der Waals surface area contributed by atoms with Crippen LogP contribution in [0, 0.1) is 5.82 Å². The van der Waals surface area contributed by atoms with Gasteiger partial charge in [0.1, 0.15) is 11.9 Å². The predicted octanol–water partition coefficient (Wildman–Crippen LogP) is 2.37. The van der Waals surface area contributed by atoms with Crippen molar-refractivity contribution in [2.45, 2.75) is 18.8 Å². The van der Waals surface area contributed by atoms with E-state index in [0.717, 1.165) is 36.6 Å². The zero-order chi connectivity index (χ0) is 21.5. The van der Waals surface area contributed by atoms with E-state index in [0.29, 0.717) is 5.56 Å². The summed E-state index contributed by atoms with van der Waals surface area (Å²) >= 11 is 0. The molecule has 0 fully saturated rings.